The van der Waals surface area contributed by atoms with Crippen LogP contribution >= 0.6 is 0 Å². The molecule has 3 aromatic rings. The molecule has 1 saturated carbocycles. The highest BCUT2D eigenvalue weighted by Crippen LogP contribution is 2.52. The Morgan fingerprint density at radius 1 is 1.28 bits per heavy atom. The predicted octanol–water partition coefficient (Wildman–Crippen LogP) is 3.99. The third-order valence-electron chi connectivity index (χ3n) is 5.90. The Morgan fingerprint density at radius 2 is 2.10 bits per heavy atom. The van der Waals surface area contributed by atoms with Crippen molar-refractivity contribution in [2.75, 3.05) is 11.4 Å². The van der Waals surface area contributed by atoms with Gasteiger partial charge in [-0.1, -0.05) is 6.07 Å². The number of nitriles is 1. The smallest absolute Gasteiger partial charge is 0.280 e. The van der Waals surface area contributed by atoms with Gasteiger partial charge in [-0.25, -0.2) is 18.3 Å². The fraction of sp³-hybridized carbons (Fsp3) is 0.333. The van der Waals surface area contributed by atoms with Crippen LogP contribution in [-0.2, 0) is 4.79 Å². The van der Waals surface area contributed by atoms with E-state index in [1.165, 1.54) is 6.07 Å². The molecule has 4 heterocycles. The topological polar surface area (TPSA) is 74.3 Å². The molecule has 0 unspecified atom stereocenters. The van der Waals surface area contributed by atoms with E-state index in [-0.39, 0.29) is 17.5 Å². The summed E-state index contributed by atoms with van der Waals surface area (Å²) in [5.74, 6) is -0.0114. The first kappa shape index (κ1) is 17.7. The minimum absolute atomic E-state index is 0.145. The number of rotatable bonds is 4. The highest BCUT2D eigenvalue weighted by atomic mass is 19.3. The maximum Gasteiger partial charge on any atom is 0.280 e. The van der Waals surface area contributed by atoms with Crippen LogP contribution in [0.3, 0.4) is 0 Å². The summed E-state index contributed by atoms with van der Waals surface area (Å²) < 4.78 is 27.6. The second-order valence-corrected chi connectivity index (χ2v) is 7.59. The largest absolute Gasteiger partial charge is 0.309 e. The molecule has 1 atom stereocenters. The molecule has 29 heavy (non-hydrogen) atoms. The maximum absolute atomic E-state index is 13.2. The summed E-state index contributed by atoms with van der Waals surface area (Å²) in [6.07, 6.45) is 3.00. The lowest BCUT2D eigenvalue weighted by Crippen LogP contribution is -2.35. The third-order valence-corrected chi connectivity index (χ3v) is 5.90. The zero-order valence-corrected chi connectivity index (χ0v) is 15.4. The molecule has 146 valence electrons. The summed E-state index contributed by atoms with van der Waals surface area (Å²) in [7, 11) is 0. The van der Waals surface area contributed by atoms with Crippen molar-refractivity contribution < 1.29 is 13.6 Å². The quantitative estimate of drug-likeness (QED) is 0.672. The van der Waals surface area contributed by atoms with E-state index in [0.717, 1.165) is 12.8 Å². The van der Waals surface area contributed by atoms with Crippen LogP contribution in [0.4, 0.5) is 14.5 Å². The first-order valence-electron chi connectivity index (χ1n) is 9.49. The number of hydrogen-bond donors (Lipinski definition) is 0. The molecule has 0 spiro atoms. The van der Waals surface area contributed by atoms with Crippen molar-refractivity contribution in [3.8, 4) is 17.3 Å². The monoisotopic (exact) mass is 393 g/mol. The molecule has 0 aromatic carbocycles. The summed E-state index contributed by atoms with van der Waals surface area (Å²) >= 11 is 0. The van der Waals surface area contributed by atoms with Gasteiger partial charge in [0.1, 0.15) is 11.1 Å². The number of aromatic nitrogens is 3. The Morgan fingerprint density at radius 3 is 2.83 bits per heavy atom. The van der Waals surface area contributed by atoms with Gasteiger partial charge in [0.05, 0.1) is 23.0 Å². The molecule has 6 nitrogen and oxygen atoms in total. The lowest BCUT2D eigenvalue weighted by Gasteiger charge is -2.21. The number of nitrogens with zero attached hydrogens (tertiary/aromatic N) is 5. The molecule has 8 heteroatoms. The Bertz CT molecular complexity index is 1160. The number of alkyl halides is 2. The number of hydrogen-bond acceptors (Lipinski definition) is 4. The molecule has 2 aliphatic rings. The molecular formula is C21H17F2N5O. The number of fused-ring (bicyclic) bond motifs is 1. The van der Waals surface area contributed by atoms with Crippen molar-refractivity contribution >= 4 is 17.1 Å². The number of carbonyl (C=O) groups is 1. The molecule has 0 N–H and O–H groups in total. The number of carbonyl (C=O) groups excluding carboxylic acids is 1. The second kappa shape index (κ2) is 6.34. The van der Waals surface area contributed by atoms with Crippen LogP contribution in [0.2, 0.25) is 0 Å². The number of halogens is 2. The number of amides is 1. The van der Waals surface area contributed by atoms with E-state index < -0.39 is 11.8 Å². The second-order valence-electron chi connectivity index (χ2n) is 7.59. The number of anilines is 1. The van der Waals surface area contributed by atoms with E-state index in [2.05, 4.69) is 16.2 Å². The average Bonchev–Trinajstić information content (AvgIpc) is 3.40. The number of pyridine rings is 1. The molecule has 2 fully saturated rings. The zero-order valence-electron chi connectivity index (χ0n) is 15.4. The summed E-state index contributed by atoms with van der Waals surface area (Å²) in [6.45, 7) is 0.474. The fourth-order valence-electron chi connectivity index (χ4n) is 4.22. The highest BCUT2D eigenvalue weighted by Gasteiger charge is 2.57. The van der Waals surface area contributed by atoms with Crippen LogP contribution < -0.4 is 4.90 Å². The van der Waals surface area contributed by atoms with Gasteiger partial charge >= 0.3 is 0 Å². The molecule has 1 aliphatic heterocycles. The van der Waals surface area contributed by atoms with Gasteiger partial charge in [0.2, 0.25) is 5.91 Å². The first-order chi connectivity index (χ1) is 14.0. The molecule has 0 radical (unpaired) electrons. The van der Waals surface area contributed by atoms with Gasteiger partial charge in [-0.2, -0.15) is 10.4 Å². The zero-order chi connectivity index (χ0) is 20.2. The normalized spacial score (nSPS) is 21.9. The Balaban J connectivity index is 1.56. The van der Waals surface area contributed by atoms with Crippen LogP contribution in [0, 0.1) is 22.7 Å². The predicted molar refractivity (Wildman–Crippen MR) is 101 cm³/mol. The van der Waals surface area contributed by atoms with Crippen LogP contribution in [0.1, 0.15) is 31.4 Å². The summed E-state index contributed by atoms with van der Waals surface area (Å²) in [4.78, 5) is 18.8. The van der Waals surface area contributed by atoms with E-state index >= 15 is 0 Å². The average molecular weight is 393 g/mol. The van der Waals surface area contributed by atoms with Gasteiger partial charge in [0.15, 0.2) is 0 Å². The molecule has 1 aliphatic carbocycles. The van der Waals surface area contributed by atoms with Crippen molar-refractivity contribution in [3.63, 3.8) is 0 Å². The SMILES string of the molecule is N#C[C@@]1(C2CC2)CCN(c2ccnn3cc(-c4cccc(C(F)F)n4)cc23)C1=O. The fourth-order valence-corrected chi connectivity index (χ4v) is 4.22. The van der Waals surface area contributed by atoms with Crippen molar-refractivity contribution in [2.45, 2.75) is 25.7 Å². The lowest BCUT2D eigenvalue weighted by molar-refractivity contribution is -0.123. The minimum atomic E-state index is -2.65. The van der Waals surface area contributed by atoms with Crippen LogP contribution in [0.15, 0.2) is 42.7 Å². The summed E-state index contributed by atoms with van der Waals surface area (Å²) in [6, 6.07) is 10.3. The van der Waals surface area contributed by atoms with Gasteiger partial charge in [-0.3, -0.25) is 4.79 Å². The maximum atomic E-state index is 13.2. The van der Waals surface area contributed by atoms with Crippen LogP contribution in [-0.4, -0.2) is 27.0 Å². The molecule has 1 saturated heterocycles. The van der Waals surface area contributed by atoms with E-state index in [0.29, 0.717) is 35.4 Å². The Kier molecular flexibility index (Phi) is 3.88. The molecule has 3 aromatic heterocycles. The van der Waals surface area contributed by atoms with Crippen LogP contribution in [0.5, 0.6) is 0 Å². The van der Waals surface area contributed by atoms with E-state index in [1.54, 1.807) is 46.1 Å². The lowest BCUT2D eigenvalue weighted by atomic mass is 9.83. The van der Waals surface area contributed by atoms with Gasteiger partial charge < -0.3 is 4.90 Å². The van der Waals surface area contributed by atoms with Crippen molar-refractivity contribution in [1.82, 2.24) is 14.6 Å². The van der Waals surface area contributed by atoms with Crippen molar-refractivity contribution in [1.29, 1.82) is 5.26 Å². The van der Waals surface area contributed by atoms with Crippen molar-refractivity contribution in [3.05, 3.63) is 48.4 Å². The Hall–Kier alpha value is -3.34. The summed E-state index contributed by atoms with van der Waals surface area (Å²) in [5.41, 5.74) is 1.17. The van der Waals surface area contributed by atoms with E-state index in [1.807, 2.05) is 0 Å². The summed E-state index contributed by atoms with van der Waals surface area (Å²) in [5, 5.41) is 14.0. The van der Waals surface area contributed by atoms with E-state index in [9.17, 15) is 18.8 Å². The minimum Gasteiger partial charge on any atom is -0.309 e. The molecule has 5 rings (SSSR count). The highest BCUT2D eigenvalue weighted by molar-refractivity contribution is 6.05. The third kappa shape index (κ3) is 2.69. The standard InChI is InChI=1S/C21H17F2N5O/c22-19(23)16-3-1-2-15(26-16)13-10-18-17(6-8-25-28(18)11-13)27-9-7-21(12-24,20(27)29)14-4-5-14/h1-3,6,8,10-11,14,19H,4-5,7,9H2/t21-/m1/s1. The van der Waals surface area contributed by atoms with Gasteiger partial charge in [0, 0.05) is 24.5 Å². The Labute approximate surface area is 165 Å². The van der Waals surface area contributed by atoms with Gasteiger partial charge in [0.25, 0.3) is 6.43 Å². The van der Waals surface area contributed by atoms with Crippen LogP contribution in [0.25, 0.3) is 16.8 Å². The first-order valence-corrected chi connectivity index (χ1v) is 9.49. The van der Waals surface area contributed by atoms with Gasteiger partial charge in [-0.05, 0) is 49.4 Å². The van der Waals surface area contributed by atoms with Crippen molar-refractivity contribution in [2.24, 2.45) is 11.3 Å². The van der Waals surface area contributed by atoms with Gasteiger partial charge in [-0.15, -0.1) is 0 Å². The molecule has 0 bridgehead atoms. The molecular weight excluding hydrogens is 376 g/mol. The van der Waals surface area contributed by atoms with E-state index in [4.69, 9.17) is 0 Å². The molecule has 1 amide bonds.